The molecule has 7 heteroatoms. The van der Waals surface area contributed by atoms with Gasteiger partial charge in [0.25, 0.3) is 0 Å². The van der Waals surface area contributed by atoms with Gasteiger partial charge in [0.15, 0.2) is 0 Å². The SMILES string of the molecule is C[n+]1[c-]n(-c2[c-]c(Oc3[c-]c4c(cc3)c3ccccc3n4-c3cc4c5ccccc5n(-c5ccccc5)c4cn3)ccc2)c2ccccc21.[Pt]. The van der Waals surface area contributed by atoms with Gasteiger partial charge < -0.3 is 23.0 Å². The molecule has 6 aromatic carbocycles. The molecule has 10 rings (SSSR count). The summed E-state index contributed by atoms with van der Waals surface area (Å²) in [4.78, 5) is 5.08. The topological polar surface area (TPSA) is 40.8 Å². The molecule has 10 aromatic rings. The molecule has 4 aromatic heterocycles. The van der Waals surface area contributed by atoms with Crippen LogP contribution in [0.1, 0.15) is 0 Å². The van der Waals surface area contributed by atoms with E-state index in [0.717, 1.165) is 66.5 Å². The zero-order valence-corrected chi connectivity index (χ0v) is 29.1. The van der Waals surface area contributed by atoms with E-state index in [-0.39, 0.29) is 21.1 Å². The van der Waals surface area contributed by atoms with Crippen LogP contribution in [0.5, 0.6) is 11.5 Å². The van der Waals surface area contributed by atoms with Crippen LogP contribution in [-0.2, 0) is 28.1 Å². The van der Waals surface area contributed by atoms with Gasteiger partial charge in [0, 0.05) is 54.5 Å². The number of fused-ring (bicyclic) bond motifs is 7. The van der Waals surface area contributed by atoms with Crippen LogP contribution >= 0.6 is 0 Å². The average Bonchev–Trinajstić information content (AvgIpc) is 3.79. The van der Waals surface area contributed by atoms with Crippen molar-refractivity contribution < 1.29 is 30.4 Å². The van der Waals surface area contributed by atoms with Crippen LogP contribution < -0.4 is 9.30 Å². The number of aryl methyl sites for hydroxylation is 1. The summed E-state index contributed by atoms with van der Waals surface area (Å²) in [5.74, 6) is 2.01. The van der Waals surface area contributed by atoms with E-state index in [1.807, 2.05) is 64.8 Å². The average molecular weight is 825 g/mol. The minimum absolute atomic E-state index is 0. The van der Waals surface area contributed by atoms with Crippen molar-refractivity contribution in [3.05, 3.63) is 164 Å². The van der Waals surface area contributed by atoms with Crippen molar-refractivity contribution in [2.45, 2.75) is 0 Å². The van der Waals surface area contributed by atoms with Gasteiger partial charge in [-0.25, -0.2) is 4.98 Å². The molecule has 0 aliphatic rings. The van der Waals surface area contributed by atoms with Gasteiger partial charge in [-0.05, 0) is 35.7 Å². The van der Waals surface area contributed by atoms with Gasteiger partial charge >= 0.3 is 0 Å². The maximum absolute atomic E-state index is 6.45. The minimum Gasteiger partial charge on any atom is -0.510 e. The molecule has 6 nitrogen and oxygen atoms in total. The fourth-order valence-electron chi connectivity index (χ4n) is 7.13. The molecular weight excluding hydrogens is 798 g/mol. The molecule has 0 unspecified atom stereocenters. The molecule has 0 bridgehead atoms. The molecule has 4 heterocycles. The molecule has 0 N–H and O–H groups in total. The molecular formula is C43H27N5OPt-2. The van der Waals surface area contributed by atoms with Gasteiger partial charge in [-0.15, -0.1) is 29.7 Å². The maximum Gasteiger partial charge on any atom is 0.242 e. The maximum atomic E-state index is 6.45. The van der Waals surface area contributed by atoms with E-state index >= 15 is 0 Å². The van der Waals surface area contributed by atoms with E-state index in [2.05, 4.69) is 125 Å². The van der Waals surface area contributed by atoms with Gasteiger partial charge in [0.05, 0.1) is 35.3 Å². The summed E-state index contributed by atoms with van der Waals surface area (Å²) in [7, 11) is 2.00. The Balaban J connectivity index is 0.00000336. The van der Waals surface area contributed by atoms with E-state index in [4.69, 9.17) is 9.72 Å². The second-order valence-corrected chi connectivity index (χ2v) is 12.2. The quantitative estimate of drug-likeness (QED) is 0.128. The van der Waals surface area contributed by atoms with Crippen LogP contribution in [-0.4, -0.2) is 18.7 Å². The van der Waals surface area contributed by atoms with Gasteiger partial charge in [0.1, 0.15) is 5.82 Å². The summed E-state index contributed by atoms with van der Waals surface area (Å²) in [5.41, 5.74) is 8.24. The minimum atomic E-state index is 0. The molecule has 0 amide bonds. The zero-order valence-electron chi connectivity index (χ0n) is 26.8. The first kappa shape index (κ1) is 30.1. The fourth-order valence-corrected chi connectivity index (χ4v) is 7.13. The van der Waals surface area contributed by atoms with Crippen LogP contribution in [0.3, 0.4) is 0 Å². The molecule has 0 saturated heterocycles. The Bertz CT molecular complexity index is 2880. The molecule has 0 fully saturated rings. The summed E-state index contributed by atoms with van der Waals surface area (Å²) in [5, 5.41) is 4.52. The summed E-state index contributed by atoms with van der Waals surface area (Å²) in [6.45, 7) is 0. The Kier molecular flexibility index (Phi) is 7.15. The number of imidazole rings is 1. The number of nitrogens with zero attached hydrogens (tertiary/aromatic N) is 5. The normalized spacial score (nSPS) is 11.5. The van der Waals surface area contributed by atoms with Crippen molar-refractivity contribution in [2.24, 2.45) is 7.05 Å². The van der Waals surface area contributed by atoms with Gasteiger partial charge in [-0.2, -0.15) is 18.2 Å². The number of pyridine rings is 1. The number of benzene rings is 6. The van der Waals surface area contributed by atoms with Crippen LogP contribution in [0.2, 0.25) is 0 Å². The standard InChI is InChI=1S/C43H27N5O.Pt/c1-45-28-46(40-21-10-9-20-39(40)45)30-14-11-15-31(24-30)49-32-22-23-35-33-16-5-8-19-38(33)48(41(35)25-32)43-26-36-34-17-6-7-18-37(34)47(42(36)27-44-43)29-12-3-2-4-13-29;/h2-23,26-27H,1H3;/q-2;. The number of hydrogen-bond donors (Lipinski definition) is 0. The Hall–Kier alpha value is -5.97. The summed E-state index contributed by atoms with van der Waals surface area (Å²) < 4.78 is 14.9. The molecule has 0 radical (unpaired) electrons. The Morgan fingerprint density at radius 1 is 0.580 bits per heavy atom. The molecule has 0 aliphatic carbocycles. The van der Waals surface area contributed by atoms with Crippen LogP contribution in [0, 0.1) is 18.5 Å². The number of hydrogen-bond acceptors (Lipinski definition) is 2. The smallest absolute Gasteiger partial charge is 0.242 e. The van der Waals surface area contributed by atoms with Crippen molar-refractivity contribution >= 4 is 54.6 Å². The first-order valence-corrected chi connectivity index (χ1v) is 16.2. The number of ether oxygens (including phenoxy) is 1. The molecule has 0 spiro atoms. The van der Waals surface area contributed by atoms with E-state index in [0.29, 0.717) is 11.5 Å². The summed E-state index contributed by atoms with van der Waals surface area (Å²) in [6, 6.07) is 54.9. The Morgan fingerprint density at radius 2 is 1.26 bits per heavy atom. The van der Waals surface area contributed by atoms with Crippen LogP contribution in [0.15, 0.2) is 146 Å². The second kappa shape index (κ2) is 11.9. The van der Waals surface area contributed by atoms with Gasteiger partial charge in [-0.1, -0.05) is 90.1 Å². The third kappa shape index (κ3) is 4.67. The second-order valence-electron chi connectivity index (χ2n) is 12.2. The van der Waals surface area contributed by atoms with Crippen LogP contribution in [0.4, 0.5) is 0 Å². The van der Waals surface area contributed by atoms with Crippen molar-refractivity contribution in [1.82, 2.24) is 18.7 Å². The first-order valence-electron chi connectivity index (χ1n) is 16.2. The Labute approximate surface area is 302 Å². The predicted octanol–water partition coefficient (Wildman–Crippen LogP) is 9.23. The monoisotopic (exact) mass is 824 g/mol. The van der Waals surface area contributed by atoms with Crippen molar-refractivity contribution in [2.75, 3.05) is 0 Å². The van der Waals surface area contributed by atoms with Gasteiger partial charge in [-0.3, -0.25) is 0 Å². The molecule has 0 aliphatic heterocycles. The van der Waals surface area contributed by atoms with E-state index in [1.165, 1.54) is 5.39 Å². The molecule has 50 heavy (non-hydrogen) atoms. The molecule has 242 valence electrons. The van der Waals surface area contributed by atoms with Crippen molar-refractivity contribution in [1.29, 1.82) is 0 Å². The third-order valence-electron chi connectivity index (χ3n) is 9.29. The first-order chi connectivity index (χ1) is 24.2. The predicted molar refractivity (Wildman–Crippen MR) is 194 cm³/mol. The third-order valence-corrected chi connectivity index (χ3v) is 9.29. The van der Waals surface area contributed by atoms with Crippen molar-refractivity contribution in [3.8, 4) is 28.7 Å². The van der Waals surface area contributed by atoms with E-state index in [1.54, 1.807) is 0 Å². The fraction of sp³-hybridized carbons (Fsp3) is 0.0233. The zero-order chi connectivity index (χ0) is 32.5. The van der Waals surface area contributed by atoms with Gasteiger partial charge in [0.2, 0.25) is 6.33 Å². The van der Waals surface area contributed by atoms with E-state index in [9.17, 15) is 0 Å². The summed E-state index contributed by atoms with van der Waals surface area (Å²) in [6.07, 6.45) is 5.37. The summed E-state index contributed by atoms with van der Waals surface area (Å²) >= 11 is 0. The number of para-hydroxylation sites is 5. The molecule has 0 saturated carbocycles. The molecule has 0 atom stereocenters. The van der Waals surface area contributed by atoms with Crippen LogP contribution in [0.25, 0.3) is 71.8 Å². The number of rotatable bonds is 5. The Morgan fingerprint density at radius 3 is 2.08 bits per heavy atom. The van der Waals surface area contributed by atoms with Crippen molar-refractivity contribution in [3.63, 3.8) is 0 Å². The number of aromatic nitrogens is 5. The largest absolute Gasteiger partial charge is 0.510 e. The van der Waals surface area contributed by atoms with E-state index < -0.39 is 0 Å².